The second-order valence-corrected chi connectivity index (χ2v) is 23.0. The van der Waals surface area contributed by atoms with Gasteiger partial charge in [-0.15, -0.1) is 0 Å². The molecule has 0 fully saturated rings. The SMILES string of the molecule is CC/C=C\C/C=C\C/C=C\C/C=C\C/C=C\C/C=C\C/C=C\C/C=C\C/C=C\CCCCCCCCCCCCCC(=O)OC(COC(=O)CCCCCC/C=C\C/C=C\C/C=C\C/C=C\C/C=C\C/C=C\CC)COC(OCC[N+](C)(C)C)C(=O)[O-]. The summed E-state index contributed by atoms with van der Waals surface area (Å²) in [5.74, 6) is -2.34. The lowest BCUT2D eigenvalue weighted by molar-refractivity contribution is -0.870. The smallest absolute Gasteiger partial charge is 0.306 e. The van der Waals surface area contributed by atoms with Gasteiger partial charge in [0.05, 0.1) is 40.3 Å². The molecule has 0 saturated heterocycles. The predicted molar refractivity (Wildman–Crippen MR) is 370 cm³/mol. The molecule has 0 aromatic heterocycles. The Morgan fingerprint density at radius 3 is 0.920 bits per heavy atom. The van der Waals surface area contributed by atoms with Crippen LogP contribution < -0.4 is 5.11 Å². The second-order valence-electron chi connectivity index (χ2n) is 23.0. The Balaban J connectivity index is 4.22. The number of esters is 2. The molecule has 0 radical (unpaired) electrons. The van der Waals surface area contributed by atoms with Gasteiger partial charge in [-0.2, -0.15) is 0 Å². The number of hydrogen-bond donors (Lipinski definition) is 0. The molecule has 0 bridgehead atoms. The van der Waals surface area contributed by atoms with E-state index < -0.39 is 24.3 Å². The van der Waals surface area contributed by atoms with Crippen LogP contribution in [0.15, 0.2) is 182 Å². The molecular weight excluding hydrogens is 1080 g/mol. The van der Waals surface area contributed by atoms with E-state index in [1.165, 1.54) is 44.9 Å². The van der Waals surface area contributed by atoms with Crippen molar-refractivity contribution < 1.29 is 42.9 Å². The summed E-state index contributed by atoms with van der Waals surface area (Å²) < 4.78 is 22.7. The van der Waals surface area contributed by atoms with Crippen LogP contribution in [0.3, 0.4) is 0 Å². The Kier molecular flexibility index (Phi) is 62.1. The number of allylic oxidation sites excluding steroid dienone is 30. The lowest BCUT2D eigenvalue weighted by atomic mass is 10.0. The van der Waals surface area contributed by atoms with Crippen molar-refractivity contribution in [3.8, 4) is 0 Å². The molecule has 0 N–H and O–H groups in total. The summed E-state index contributed by atoms with van der Waals surface area (Å²) in [5, 5.41) is 11.8. The molecule has 0 aromatic carbocycles. The first kappa shape index (κ1) is 81.4. The van der Waals surface area contributed by atoms with Crippen LogP contribution in [-0.4, -0.2) is 82.3 Å². The van der Waals surface area contributed by atoms with Gasteiger partial charge in [-0.05, 0) is 135 Å². The third-order valence-electron chi connectivity index (χ3n) is 13.6. The van der Waals surface area contributed by atoms with Gasteiger partial charge in [-0.3, -0.25) is 9.59 Å². The number of carbonyl (C=O) groups excluding carboxylic acids is 3. The number of likely N-dealkylation sites (N-methyl/N-ethyl adjacent to an activating group) is 1. The molecule has 0 spiro atoms. The molecule has 9 nitrogen and oxygen atoms in total. The van der Waals surface area contributed by atoms with Crippen LogP contribution in [0.25, 0.3) is 0 Å². The zero-order chi connectivity index (χ0) is 63.3. The number of rotatable bonds is 60. The molecule has 2 atom stereocenters. The summed E-state index contributed by atoms with van der Waals surface area (Å²) in [5.41, 5.74) is 0. The number of carboxylic acid groups (broad SMARTS) is 1. The lowest BCUT2D eigenvalue weighted by Gasteiger charge is -2.26. The van der Waals surface area contributed by atoms with E-state index in [4.69, 9.17) is 18.9 Å². The van der Waals surface area contributed by atoms with E-state index in [2.05, 4.69) is 196 Å². The first-order valence-electron chi connectivity index (χ1n) is 33.9. The maximum absolute atomic E-state index is 12.9. The van der Waals surface area contributed by atoms with Gasteiger partial charge in [-0.1, -0.05) is 267 Å². The highest BCUT2D eigenvalue weighted by Gasteiger charge is 2.22. The summed E-state index contributed by atoms with van der Waals surface area (Å²) >= 11 is 0. The van der Waals surface area contributed by atoms with Crippen molar-refractivity contribution in [1.82, 2.24) is 0 Å². The standard InChI is InChI=1S/C78H123NO8/c1-6-8-10-12-14-16-18-20-22-24-26-28-30-31-32-33-34-35-36-37-38-39-40-41-42-43-44-45-47-49-51-53-55-57-59-61-63-65-67-69-76(81)87-74(73-86-78(77(82)83)84-71-70-79(3,4)5)72-85-75(80)68-66-64-62-60-58-56-54-52-50-48-46-29-27-25-23-21-19-17-15-13-11-9-7-2/h8-11,14-17,20-23,26-29,31-32,34-35,37-38,40-41,43-44,48,50,54,56,74,78H,6-7,12-13,18-19,24-25,30,33,36,39,42,45-47,49,51-53,55,57-73H2,1-5H3/b10-8-,11-9-,16-14-,17-15-,22-20-,23-21-,28-26-,29-27-,32-31-,35-34-,38-37-,41-40-,44-43-,50-48-,56-54-. The highest BCUT2D eigenvalue weighted by atomic mass is 16.7. The van der Waals surface area contributed by atoms with Crippen LogP contribution in [0.1, 0.15) is 232 Å². The second kappa shape index (κ2) is 66.3. The average molecular weight is 1200 g/mol. The molecule has 9 heteroatoms. The van der Waals surface area contributed by atoms with Crippen LogP contribution in [0, 0.1) is 0 Å². The van der Waals surface area contributed by atoms with Gasteiger partial charge >= 0.3 is 11.9 Å². The van der Waals surface area contributed by atoms with Crippen molar-refractivity contribution in [2.75, 3.05) is 47.5 Å². The van der Waals surface area contributed by atoms with Gasteiger partial charge in [-0.25, -0.2) is 0 Å². The molecule has 0 aliphatic carbocycles. The van der Waals surface area contributed by atoms with Crippen LogP contribution in [-0.2, 0) is 33.3 Å². The van der Waals surface area contributed by atoms with Gasteiger partial charge in [0, 0.05) is 12.8 Å². The van der Waals surface area contributed by atoms with E-state index in [0.717, 1.165) is 148 Å². The molecule has 488 valence electrons. The summed E-state index contributed by atoms with van der Waals surface area (Å²) in [6, 6.07) is 0. The average Bonchev–Trinajstić information content (AvgIpc) is 3.55. The predicted octanol–water partition coefficient (Wildman–Crippen LogP) is 19.9. The fourth-order valence-electron chi connectivity index (χ4n) is 8.53. The van der Waals surface area contributed by atoms with Gasteiger partial charge < -0.3 is 33.3 Å². The van der Waals surface area contributed by atoms with Gasteiger partial charge in [0.15, 0.2) is 12.4 Å². The zero-order valence-electron chi connectivity index (χ0n) is 55.6. The molecule has 0 aliphatic heterocycles. The summed E-state index contributed by atoms with van der Waals surface area (Å²) in [6.07, 6.45) is 98.2. The van der Waals surface area contributed by atoms with Crippen LogP contribution in [0.2, 0.25) is 0 Å². The number of unbranched alkanes of at least 4 members (excludes halogenated alkanes) is 15. The monoisotopic (exact) mass is 1200 g/mol. The van der Waals surface area contributed by atoms with Crippen molar-refractivity contribution in [3.05, 3.63) is 182 Å². The fourth-order valence-corrected chi connectivity index (χ4v) is 8.53. The highest BCUT2D eigenvalue weighted by molar-refractivity contribution is 5.70. The molecule has 0 aliphatic rings. The first-order valence-corrected chi connectivity index (χ1v) is 33.9. The Hall–Kier alpha value is -5.61. The fraction of sp³-hybridized carbons (Fsp3) is 0.577. The molecule has 2 unspecified atom stereocenters. The summed E-state index contributed by atoms with van der Waals surface area (Å²) in [4.78, 5) is 37.4. The largest absolute Gasteiger partial charge is 0.545 e. The minimum absolute atomic E-state index is 0.133. The minimum atomic E-state index is -1.64. The number of carbonyl (C=O) groups is 3. The molecule has 0 saturated carbocycles. The maximum atomic E-state index is 12.9. The maximum Gasteiger partial charge on any atom is 0.306 e. The van der Waals surface area contributed by atoms with Crippen LogP contribution >= 0.6 is 0 Å². The van der Waals surface area contributed by atoms with Crippen molar-refractivity contribution in [2.45, 2.75) is 245 Å². The van der Waals surface area contributed by atoms with E-state index in [1.807, 2.05) is 21.1 Å². The van der Waals surface area contributed by atoms with Gasteiger partial charge in [0.25, 0.3) is 0 Å². The Morgan fingerprint density at radius 1 is 0.345 bits per heavy atom. The number of nitrogens with zero attached hydrogens (tertiary/aromatic N) is 1. The van der Waals surface area contributed by atoms with E-state index >= 15 is 0 Å². The van der Waals surface area contributed by atoms with Crippen molar-refractivity contribution in [3.63, 3.8) is 0 Å². The van der Waals surface area contributed by atoms with Gasteiger partial charge in [0.2, 0.25) is 0 Å². The number of carboxylic acids is 1. The third-order valence-corrected chi connectivity index (χ3v) is 13.6. The van der Waals surface area contributed by atoms with Crippen LogP contribution in [0.4, 0.5) is 0 Å². The summed E-state index contributed by atoms with van der Waals surface area (Å²) in [6.45, 7) is 4.46. The number of hydrogen-bond acceptors (Lipinski definition) is 8. The minimum Gasteiger partial charge on any atom is -0.545 e. The number of ether oxygens (including phenoxy) is 4. The van der Waals surface area contributed by atoms with Crippen LogP contribution in [0.5, 0.6) is 0 Å². The zero-order valence-corrected chi connectivity index (χ0v) is 55.6. The molecule has 87 heavy (non-hydrogen) atoms. The van der Waals surface area contributed by atoms with E-state index in [1.54, 1.807) is 0 Å². The number of aliphatic carboxylic acids is 1. The van der Waals surface area contributed by atoms with Crippen molar-refractivity contribution in [2.24, 2.45) is 0 Å². The Morgan fingerprint density at radius 2 is 0.621 bits per heavy atom. The quantitative estimate of drug-likeness (QED) is 0.0195. The van der Waals surface area contributed by atoms with Crippen molar-refractivity contribution in [1.29, 1.82) is 0 Å². The third kappa shape index (κ3) is 67.8. The molecule has 0 amide bonds. The molecule has 0 heterocycles. The first-order chi connectivity index (χ1) is 42.6. The Bertz CT molecular complexity index is 2080. The normalized spacial score (nSPS) is 13.9. The van der Waals surface area contributed by atoms with E-state index in [-0.39, 0.29) is 38.6 Å². The van der Waals surface area contributed by atoms with Gasteiger partial charge in [0.1, 0.15) is 13.2 Å². The van der Waals surface area contributed by atoms with Crippen molar-refractivity contribution >= 4 is 17.9 Å². The topological polar surface area (TPSA) is 111 Å². The van der Waals surface area contributed by atoms with E-state index in [0.29, 0.717) is 23.9 Å². The number of quaternary nitrogens is 1. The Labute approximate surface area is 532 Å². The molecular formula is C78H123NO8. The van der Waals surface area contributed by atoms with E-state index in [9.17, 15) is 19.5 Å². The lowest BCUT2D eigenvalue weighted by Crippen LogP contribution is -2.44. The highest BCUT2D eigenvalue weighted by Crippen LogP contribution is 2.15. The molecule has 0 rings (SSSR count). The molecule has 0 aromatic rings. The summed E-state index contributed by atoms with van der Waals surface area (Å²) in [7, 11) is 5.90.